The fraction of sp³-hybridized carbons (Fsp3) is 0.375. The molecular weight excluding hydrogens is 267 g/mol. The van der Waals surface area contributed by atoms with Gasteiger partial charge in [-0.2, -0.15) is 0 Å². The van der Waals surface area contributed by atoms with E-state index in [1.165, 1.54) is 6.07 Å². The molecule has 1 aliphatic heterocycles. The van der Waals surface area contributed by atoms with Gasteiger partial charge in [-0.15, -0.1) is 0 Å². The third-order valence-electron chi connectivity index (χ3n) is 3.78. The van der Waals surface area contributed by atoms with Crippen LogP contribution in [0.15, 0.2) is 36.7 Å². The van der Waals surface area contributed by atoms with E-state index in [9.17, 15) is 4.39 Å². The molecule has 3 rings (SSSR count). The summed E-state index contributed by atoms with van der Waals surface area (Å²) >= 11 is 0. The third kappa shape index (κ3) is 3.29. The smallest absolute Gasteiger partial charge is 0.225 e. The van der Waals surface area contributed by atoms with Gasteiger partial charge in [-0.05, 0) is 37.5 Å². The van der Waals surface area contributed by atoms with E-state index in [1.807, 2.05) is 25.4 Å². The van der Waals surface area contributed by atoms with E-state index in [1.54, 1.807) is 12.1 Å². The second-order valence-corrected chi connectivity index (χ2v) is 5.45. The lowest BCUT2D eigenvalue weighted by atomic mass is 10.0. The Kier molecular flexibility index (Phi) is 3.99. The highest BCUT2D eigenvalue weighted by molar-refractivity contribution is 5.45. The monoisotopic (exact) mass is 286 g/mol. The minimum absolute atomic E-state index is 0.193. The first-order valence-corrected chi connectivity index (χ1v) is 7.27. The molecule has 0 unspecified atom stereocenters. The van der Waals surface area contributed by atoms with Crippen molar-refractivity contribution in [2.45, 2.75) is 25.8 Å². The summed E-state index contributed by atoms with van der Waals surface area (Å²) in [6.45, 7) is 3.75. The Morgan fingerprint density at radius 3 is 2.48 bits per heavy atom. The minimum atomic E-state index is -0.193. The van der Waals surface area contributed by atoms with Crippen LogP contribution in [0.2, 0.25) is 0 Å². The highest BCUT2D eigenvalue weighted by atomic mass is 19.1. The first-order valence-electron chi connectivity index (χ1n) is 7.27. The van der Waals surface area contributed by atoms with Crippen molar-refractivity contribution in [3.63, 3.8) is 0 Å². The van der Waals surface area contributed by atoms with Gasteiger partial charge in [-0.1, -0.05) is 12.1 Å². The fourth-order valence-electron chi connectivity index (χ4n) is 2.57. The summed E-state index contributed by atoms with van der Waals surface area (Å²) < 4.78 is 13.6. The van der Waals surface area contributed by atoms with Crippen LogP contribution in [0, 0.1) is 12.7 Å². The molecule has 1 N–H and O–H groups in total. The van der Waals surface area contributed by atoms with E-state index >= 15 is 0 Å². The molecule has 0 spiro atoms. The summed E-state index contributed by atoms with van der Waals surface area (Å²) in [4.78, 5) is 10.9. The predicted molar refractivity (Wildman–Crippen MR) is 82.0 cm³/mol. The topological polar surface area (TPSA) is 41.1 Å². The van der Waals surface area contributed by atoms with Crippen LogP contribution in [-0.4, -0.2) is 29.1 Å². The quantitative estimate of drug-likeness (QED) is 0.941. The van der Waals surface area contributed by atoms with E-state index in [0.717, 1.165) is 37.4 Å². The van der Waals surface area contributed by atoms with Gasteiger partial charge < -0.3 is 10.2 Å². The number of aromatic nitrogens is 2. The van der Waals surface area contributed by atoms with Crippen molar-refractivity contribution in [3.05, 3.63) is 48.0 Å². The lowest BCUT2D eigenvalue weighted by molar-refractivity contribution is 0.516. The van der Waals surface area contributed by atoms with Crippen molar-refractivity contribution in [1.82, 2.24) is 9.97 Å². The van der Waals surface area contributed by atoms with Crippen LogP contribution >= 0.6 is 0 Å². The maximum atomic E-state index is 13.6. The van der Waals surface area contributed by atoms with Crippen molar-refractivity contribution in [2.75, 3.05) is 23.3 Å². The van der Waals surface area contributed by atoms with Crippen LogP contribution in [0.25, 0.3) is 0 Å². The van der Waals surface area contributed by atoms with E-state index in [0.29, 0.717) is 11.7 Å². The number of piperidine rings is 1. The van der Waals surface area contributed by atoms with Gasteiger partial charge in [0.25, 0.3) is 0 Å². The number of para-hydroxylation sites is 1. The van der Waals surface area contributed by atoms with E-state index < -0.39 is 0 Å². The highest BCUT2D eigenvalue weighted by Crippen LogP contribution is 2.21. The predicted octanol–water partition coefficient (Wildman–Crippen LogP) is 3.01. The van der Waals surface area contributed by atoms with Gasteiger partial charge in [0, 0.05) is 31.5 Å². The second kappa shape index (κ2) is 6.08. The van der Waals surface area contributed by atoms with Gasteiger partial charge in [0.15, 0.2) is 0 Å². The van der Waals surface area contributed by atoms with Gasteiger partial charge >= 0.3 is 0 Å². The average molecular weight is 286 g/mol. The number of nitrogens with one attached hydrogen (secondary N) is 1. The lowest BCUT2D eigenvalue weighted by Crippen LogP contribution is -2.40. The molecule has 4 nitrogen and oxygen atoms in total. The molecule has 21 heavy (non-hydrogen) atoms. The van der Waals surface area contributed by atoms with Gasteiger partial charge in [-0.25, -0.2) is 14.4 Å². The zero-order valence-corrected chi connectivity index (χ0v) is 12.1. The Labute approximate surface area is 124 Å². The van der Waals surface area contributed by atoms with Gasteiger partial charge in [-0.3, -0.25) is 0 Å². The van der Waals surface area contributed by atoms with Gasteiger partial charge in [0.1, 0.15) is 5.82 Å². The molecule has 1 fully saturated rings. The molecule has 0 amide bonds. The van der Waals surface area contributed by atoms with Crippen LogP contribution < -0.4 is 10.2 Å². The van der Waals surface area contributed by atoms with Crippen molar-refractivity contribution in [1.29, 1.82) is 0 Å². The molecule has 0 bridgehead atoms. The molecule has 0 aliphatic carbocycles. The Bertz CT molecular complexity index is 591. The zero-order chi connectivity index (χ0) is 14.7. The Morgan fingerprint density at radius 1 is 1.14 bits per heavy atom. The number of hydrogen-bond acceptors (Lipinski definition) is 4. The summed E-state index contributed by atoms with van der Waals surface area (Å²) in [5, 5.41) is 3.29. The maximum absolute atomic E-state index is 13.6. The third-order valence-corrected chi connectivity index (χ3v) is 3.78. The molecule has 5 heteroatoms. The Balaban J connectivity index is 1.58. The van der Waals surface area contributed by atoms with Crippen LogP contribution in [-0.2, 0) is 0 Å². The summed E-state index contributed by atoms with van der Waals surface area (Å²) in [6.07, 6.45) is 5.58. The van der Waals surface area contributed by atoms with Crippen LogP contribution in [0.4, 0.5) is 16.0 Å². The number of benzene rings is 1. The van der Waals surface area contributed by atoms with Crippen molar-refractivity contribution in [2.24, 2.45) is 0 Å². The van der Waals surface area contributed by atoms with E-state index in [4.69, 9.17) is 0 Å². The maximum Gasteiger partial charge on any atom is 0.225 e. The first kappa shape index (κ1) is 13.8. The number of aryl methyl sites for hydroxylation is 1. The zero-order valence-electron chi connectivity index (χ0n) is 12.1. The minimum Gasteiger partial charge on any atom is -0.380 e. The summed E-state index contributed by atoms with van der Waals surface area (Å²) in [6, 6.07) is 7.12. The number of rotatable bonds is 3. The molecule has 2 aromatic rings. The van der Waals surface area contributed by atoms with Gasteiger partial charge in [0.2, 0.25) is 5.95 Å². The normalized spacial score (nSPS) is 16.0. The van der Waals surface area contributed by atoms with E-state index in [-0.39, 0.29) is 5.82 Å². The highest BCUT2D eigenvalue weighted by Gasteiger charge is 2.21. The number of anilines is 2. The number of nitrogens with zero attached hydrogens (tertiary/aromatic N) is 3. The number of halogens is 1. The molecule has 1 saturated heterocycles. The molecule has 1 aromatic carbocycles. The SMILES string of the molecule is Cc1cnc(N2CCC(Nc3ccccc3F)CC2)nc1. The van der Waals surface area contributed by atoms with Crippen LogP contribution in [0.5, 0.6) is 0 Å². The van der Waals surface area contributed by atoms with Crippen LogP contribution in [0.3, 0.4) is 0 Å². The number of hydrogen-bond donors (Lipinski definition) is 1. The molecule has 1 aliphatic rings. The molecule has 0 radical (unpaired) electrons. The summed E-state index contributed by atoms with van der Waals surface area (Å²) in [7, 11) is 0. The molecule has 0 saturated carbocycles. The van der Waals surface area contributed by atoms with Gasteiger partial charge in [0.05, 0.1) is 5.69 Å². The Morgan fingerprint density at radius 2 is 1.81 bits per heavy atom. The van der Waals surface area contributed by atoms with Crippen molar-refractivity contribution >= 4 is 11.6 Å². The molecule has 2 heterocycles. The molecule has 0 atom stereocenters. The molecule has 110 valence electrons. The molecular formula is C16H19FN4. The summed E-state index contributed by atoms with van der Waals surface area (Å²) in [5.41, 5.74) is 1.65. The van der Waals surface area contributed by atoms with Crippen molar-refractivity contribution < 1.29 is 4.39 Å². The lowest BCUT2D eigenvalue weighted by Gasteiger charge is -2.32. The van der Waals surface area contributed by atoms with Crippen LogP contribution in [0.1, 0.15) is 18.4 Å². The largest absolute Gasteiger partial charge is 0.380 e. The Hall–Kier alpha value is -2.17. The average Bonchev–Trinajstić information content (AvgIpc) is 2.51. The summed E-state index contributed by atoms with van der Waals surface area (Å²) in [5.74, 6) is 0.590. The van der Waals surface area contributed by atoms with E-state index in [2.05, 4.69) is 20.2 Å². The second-order valence-electron chi connectivity index (χ2n) is 5.45. The standard InChI is InChI=1S/C16H19FN4/c1-12-10-18-16(19-11-12)21-8-6-13(7-9-21)20-15-5-3-2-4-14(15)17/h2-5,10-11,13,20H,6-9H2,1H3. The van der Waals surface area contributed by atoms with Crippen molar-refractivity contribution in [3.8, 4) is 0 Å². The molecule has 1 aromatic heterocycles. The fourth-order valence-corrected chi connectivity index (χ4v) is 2.57. The first-order chi connectivity index (χ1) is 10.2.